The number of amides is 1. The van der Waals surface area contributed by atoms with E-state index < -0.39 is 5.63 Å². The van der Waals surface area contributed by atoms with Gasteiger partial charge < -0.3 is 5.32 Å². The predicted octanol–water partition coefficient (Wildman–Crippen LogP) is 3.33. The Bertz CT molecular complexity index is 969. The topological polar surface area (TPSA) is 79.0 Å². The fraction of sp³-hybridized carbons (Fsp3) is 0.167. The average molecular weight is 391 g/mol. The molecule has 0 aliphatic carbocycles. The number of hydrogen-bond donors (Lipinski definition) is 2. The molecular weight excluding hydrogens is 374 g/mol. The summed E-state index contributed by atoms with van der Waals surface area (Å²) in [6, 6.07) is 14.7. The smallest absolute Gasteiger partial charge is 0.326 e. The van der Waals surface area contributed by atoms with E-state index in [9.17, 15) is 9.59 Å². The Kier molecular flexibility index (Phi) is 5.80. The molecule has 134 valence electrons. The van der Waals surface area contributed by atoms with Crippen molar-refractivity contribution in [3.8, 4) is 5.69 Å². The van der Waals surface area contributed by atoms with Gasteiger partial charge in [0.2, 0.25) is 11.6 Å². The van der Waals surface area contributed by atoms with Crippen molar-refractivity contribution in [2.24, 2.45) is 0 Å². The van der Waals surface area contributed by atoms with Crippen molar-refractivity contribution in [3.63, 3.8) is 0 Å². The number of nitrogens with one attached hydrogen (secondary N) is 2. The van der Waals surface area contributed by atoms with E-state index in [2.05, 4.69) is 10.6 Å². The molecule has 3 rings (SSSR count). The van der Waals surface area contributed by atoms with E-state index in [4.69, 9.17) is 16.1 Å². The number of carbonyl (C=O) groups excluding carboxylic acids is 1. The third kappa shape index (κ3) is 4.36. The van der Waals surface area contributed by atoms with Gasteiger partial charge in [0, 0.05) is 35.0 Å². The summed E-state index contributed by atoms with van der Waals surface area (Å²) in [5, 5.41) is 6.36. The average Bonchev–Trinajstić information content (AvgIpc) is 3.00. The lowest BCUT2D eigenvalue weighted by atomic mass is 10.2. The maximum Gasteiger partial charge on any atom is 0.442 e. The van der Waals surface area contributed by atoms with Crippen LogP contribution in [0.25, 0.3) is 5.69 Å². The number of halogens is 1. The first-order chi connectivity index (χ1) is 12.5. The Morgan fingerprint density at radius 1 is 1.27 bits per heavy atom. The fourth-order valence-electron chi connectivity index (χ4n) is 2.27. The van der Waals surface area contributed by atoms with Gasteiger partial charge in [-0.3, -0.25) is 9.32 Å². The third-order valence-electron chi connectivity index (χ3n) is 3.65. The molecule has 0 bridgehead atoms. The molecule has 0 saturated heterocycles. The first kappa shape index (κ1) is 18.3. The predicted molar refractivity (Wildman–Crippen MR) is 101 cm³/mol. The molecule has 0 fully saturated rings. The van der Waals surface area contributed by atoms with E-state index in [0.29, 0.717) is 21.5 Å². The summed E-state index contributed by atoms with van der Waals surface area (Å²) < 4.78 is 6.43. The Hall–Kier alpha value is -2.51. The molecule has 0 aliphatic heterocycles. The molecule has 2 aromatic carbocycles. The summed E-state index contributed by atoms with van der Waals surface area (Å²) in [4.78, 5) is 24.0. The summed E-state index contributed by atoms with van der Waals surface area (Å²) in [6.45, 7) is 1.90. The molecule has 0 radical (unpaired) electrons. The number of carbonyl (C=O) groups is 1. The van der Waals surface area contributed by atoms with E-state index in [1.165, 1.54) is 11.8 Å². The highest BCUT2D eigenvalue weighted by molar-refractivity contribution is 7.99. The molecule has 26 heavy (non-hydrogen) atoms. The molecule has 1 aromatic heterocycles. The van der Waals surface area contributed by atoms with Crippen LogP contribution in [0.2, 0.25) is 5.02 Å². The van der Waals surface area contributed by atoms with E-state index in [-0.39, 0.29) is 12.3 Å². The van der Waals surface area contributed by atoms with Crippen molar-refractivity contribution in [1.82, 2.24) is 5.27 Å². The van der Waals surface area contributed by atoms with E-state index in [1.54, 1.807) is 16.8 Å². The monoisotopic (exact) mass is 390 g/mol. The Balaban J connectivity index is 1.60. The third-order valence-corrected chi connectivity index (χ3v) is 5.08. The van der Waals surface area contributed by atoms with Crippen LogP contribution < -0.4 is 15.6 Å². The summed E-state index contributed by atoms with van der Waals surface area (Å²) in [6.07, 6.45) is 0.246. The van der Waals surface area contributed by atoms with Crippen LogP contribution in [0.4, 0.5) is 5.69 Å². The first-order valence-electron chi connectivity index (χ1n) is 7.92. The maximum atomic E-state index is 12.1. The zero-order chi connectivity index (χ0) is 18.5. The second kappa shape index (κ2) is 8.25. The lowest BCUT2D eigenvalue weighted by Gasteiger charge is -2.06. The molecule has 2 N–H and O–H groups in total. The number of aromatic nitrogens is 2. The van der Waals surface area contributed by atoms with Gasteiger partial charge in [-0.05, 0) is 46.3 Å². The zero-order valence-electron chi connectivity index (χ0n) is 14.0. The molecule has 8 heteroatoms. The molecule has 0 unspecified atom stereocenters. The Morgan fingerprint density at radius 2 is 2.04 bits per heavy atom. The van der Waals surface area contributed by atoms with Crippen LogP contribution in [-0.4, -0.2) is 16.9 Å². The van der Waals surface area contributed by atoms with Crippen LogP contribution in [0.1, 0.15) is 12.0 Å². The highest BCUT2D eigenvalue weighted by atomic mass is 35.5. The quantitative estimate of drug-likeness (QED) is 0.500. The number of aromatic amines is 1. The van der Waals surface area contributed by atoms with Crippen molar-refractivity contribution in [3.05, 3.63) is 69.5 Å². The molecule has 0 atom stereocenters. The molecule has 6 nitrogen and oxygen atoms in total. The Labute approximate surface area is 159 Å². The van der Waals surface area contributed by atoms with Gasteiger partial charge in [0.25, 0.3) is 0 Å². The van der Waals surface area contributed by atoms with E-state index >= 15 is 0 Å². The molecule has 0 spiro atoms. The minimum absolute atomic E-state index is 0.149. The molecule has 3 aromatic rings. The fourth-order valence-corrected chi connectivity index (χ4v) is 3.36. The number of thioether (sulfide) groups is 1. The second-order valence-corrected chi connectivity index (χ2v) is 7.06. The van der Waals surface area contributed by atoms with Crippen molar-refractivity contribution in [1.29, 1.82) is 0 Å². The first-order valence-corrected chi connectivity index (χ1v) is 9.28. The minimum Gasteiger partial charge on any atom is -0.326 e. The SMILES string of the molecule is Cc1ccc(NC(=O)CCSc2c(=O)o[nH][n+]2-c2ccccc2)cc1Cl. The zero-order valence-corrected chi connectivity index (χ0v) is 15.6. The van der Waals surface area contributed by atoms with E-state index in [1.807, 2.05) is 43.3 Å². The standard InChI is InChI=1S/C18H16ClN3O3S/c1-12-7-8-13(11-15(12)19)20-16(23)9-10-26-17-18(24)25-21-22(17)14-5-3-2-4-6-14/h2-8,11H,9-10H2,1H3,(H-,20,21,23,24)/p+1. The number of anilines is 1. The number of rotatable bonds is 6. The maximum absolute atomic E-state index is 12.1. The van der Waals surface area contributed by atoms with Gasteiger partial charge in [0.05, 0.1) is 0 Å². The summed E-state index contributed by atoms with van der Waals surface area (Å²) >= 11 is 7.31. The lowest BCUT2D eigenvalue weighted by Crippen LogP contribution is -2.36. The van der Waals surface area contributed by atoms with Crippen LogP contribution in [0.15, 0.2) is 62.9 Å². The van der Waals surface area contributed by atoms with Gasteiger partial charge in [-0.15, -0.1) is 0 Å². The van der Waals surface area contributed by atoms with Crippen molar-refractivity contribution in [2.45, 2.75) is 18.4 Å². The van der Waals surface area contributed by atoms with Crippen molar-refractivity contribution < 1.29 is 14.0 Å². The summed E-state index contributed by atoms with van der Waals surface area (Å²) in [5.41, 5.74) is 1.91. The number of nitrogens with zero attached hydrogens (tertiary/aromatic N) is 1. The van der Waals surface area contributed by atoms with Crippen LogP contribution in [0.3, 0.4) is 0 Å². The van der Waals surface area contributed by atoms with Gasteiger partial charge in [-0.2, -0.15) is 0 Å². The molecule has 0 aliphatic rings. The number of aryl methyl sites for hydroxylation is 1. The van der Waals surface area contributed by atoms with Crippen LogP contribution in [-0.2, 0) is 4.79 Å². The van der Waals surface area contributed by atoms with E-state index in [0.717, 1.165) is 11.3 Å². The number of benzene rings is 2. The Morgan fingerprint density at radius 3 is 2.77 bits per heavy atom. The van der Waals surface area contributed by atoms with Crippen LogP contribution >= 0.6 is 23.4 Å². The van der Waals surface area contributed by atoms with Gasteiger partial charge >= 0.3 is 10.7 Å². The molecule has 1 heterocycles. The molecule has 1 amide bonds. The highest BCUT2D eigenvalue weighted by Crippen LogP contribution is 2.20. The van der Waals surface area contributed by atoms with Crippen LogP contribution in [0.5, 0.6) is 0 Å². The number of H-pyrrole nitrogens is 1. The molecule has 0 saturated carbocycles. The van der Waals surface area contributed by atoms with Crippen molar-refractivity contribution >= 4 is 35.0 Å². The van der Waals surface area contributed by atoms with Gasteiger partial charge in [0.1, 0.15) is 0 Å². The second-order valence-electron chi connectivity index (χ2n) is 5.57. The van der Waals surface area contributed by atoms with Gasteiger partial charge in [-0.1, -0.05) is 35.9 Å². The number of hydrogen-bond acceptors (Lipinski definition) is 4. The van der Waals surface area contributed by atoms with Gasteiger partial charge in [-0.25, -0.2) is 4.79 Å². The largest absolute Gasteiger partial charge is 0.442 e. The van der Waals surface area contributed by atoms with Crippen molar-refractivity contribution in [2.75, 3.05) is 11.1 Å². The normalized spacial score (nSPS) is 10.7. The summed E-state index contributed by atoms with van der Waals surface area (Å²) in [7, 11) is 0. The molecular formula is C18H17ClN3O3S+. The summed E-state index contributed by atoms with van der Waals surface area (Å²) in [5.74, 6) is 0.282. The van der Waals surface area contributed by atoms with Gasteiger partial charge in [0.15, 0.2) is 0 Å². The number of para-hydroxylation sites is 1. The minimum atomic E-state index is -0.468. The lowest BCUT2D eigenvalue weighted by molar-refractivity contribution is -0.704. The highest BCUT2D eigenvalue weighted by Gasteiger charge is 2.23. The van der Waals surface area contributed by atoms with Crippen LogP contribution in [0, 0.1) is 6.92 Å².